The fourth-order valence-corrected chi connectivity index (χ4v) is 5.28. The van der Waals surface area contributed by atoms with Crippen molar-refractivity contribution in [3.05, 3.63) is 64.0 Å². The number of carbonyl (C=O) groups is 2. The molecule has 11 nitrogen and oxygen atoms in total. The van der Waals surface area contributed by atoms with E-state index in [1.54, 1.807) is 24.2 Å². The molecule has 0 spiro atoms. The van der Waals surface area contributed by atoms with E-state index in [-0.39, 0.29) is 29.5 Å². The summed E-state index contributed by atoms with van der Waals surface area (Å²) in [5.41, 5.74) is 5.80. The quantitative estimate of drug-likeness (QED) is 0.387. The first-order chi connectivity index (χ1) is 19.0. The van der Waals surface area contributed by atoms with Gasteiger partial charge in [-0.2, -0.15) is 15.4 Å². The summed E-state index contributed by atoms with van der Waals surface area (Å²) in [6.07, 6.45) is 1.70. The van der Waals surface area contributed by atoms with Crippen molar-refractivity contribution in [2.24, 2.45) is 0 Å². The molecule has 0 saturated heterocycles. The van der Waals surface area contributed by atoms with Crippen LogP contribution in [0.2, 0.25) is 0 Å². The molecular weight excluding hydrogens is 508 g/mol. The lowest BCUT2D eigenvalue weighted by atomic mass is 9.84. The van der Waals surface area contributed by atoms with E-state index in [4.69, 9.17) is 10.1 Å². The number of ether oxygens (including phenoxy) is 1. The maximum atomic E-state index is 13.8. The van der Waals surface area contributed by atoms with Crippen LogP contribution in [0.3, 0.4) is 0 Å². The molecule has 0 unspecified atom stereocenters. The smallest absolute Gasteiger partial charge is 0.253 e. The minimum Gasteiger partial charge on any atom is -0.489 e. The molecule has 1 aromatic heterocycles. The molecule has 2 aromatic carbocycles. The lowest BCUT2D eigenvalue weighted by molar-refractivity contribution is 0.0955. The average Bonchev–Trinajstić information content (AvgIpc) is 3.54. The highest BCUT2D eigenvalue weighted by Crippen LogP contribution is 2.42. The number of hydrogen-bond acceptors (Lipinski definition) is 8. The summed E-state index contributed by atoms with van der Waals surface area (Å²) in [6.45, 7) is 8.54. The van der Waals surface area contributed by atoms with Crippen LogP contribution in [0, 0.1) is 5.41 Å². The Labute approximate surface area is 234 Å². The van der Waals surface area contributed by atoms with Gasteiger partial charge >= 0.3 is 0 Å². The summed E-state index contributed by atoms with van der Waals surface area (Å²) < 4.78 is 6.15. The Kier molecular flexibility index (Phi) is 6.99. The molecule has 0 bridgehead atoms. The van der Waals surface area contributed by atoms with Gasteiger partial charge in [-0.15, -0.1) is 0 Å². The molecule has 2 aliphatic rings. The standard InChI is InChI=1S/C29H36N8O3/c1-29(2,3)22-9-17(10-24-26(22)40-8-7-36(24)15-19-13-32-34-33-19)25(38)16-37-14-18-11-23(35(5)6)21(28(39)31-4)12-20(18)27(37)30/h9-13,30H,7-8,14-16H2,1-6H3,(H,31,39)(H,32,33,34). The van der Waals surface area contributed by atoms with Crippen molar-refractivity contribution < 1.29 is 14.3 Å². The Hall–Kier alpha value is -4.41. The Morgan fingerprint density at radius 2 is 1.95 bits per heavy atom. The van der Waals surface area contributed by atoms with Crippen LogP contribution >= 0.6 is 0 Å². The third kappa shape index (κ3) is 4.99. The Morgan fingerprint density at radius 1 is 1.18 bits per heavy atom. The van der Waals surface area contributed by atoms with Crippen molar-refractivity contribution in [3.63, 3.8) is 0 Å². The molecule has 5 rings (SSSR count). The van der Waals surface area contributed by atoms with Crippen LogP contribution in [0.1, 0.15) is 63.9 Å². The molecule has 3 N–H and O–H groups in total. The van der Waals surface area contributed by atoms with Gasteiger partial charge in [0, 0.05) is 50.1 Å². The average molecular weight is 545 g/mol. The summed E-state index contributed by atoms with van der Waals surface area (Å²) in [5, 5.41) is 22.3. The minimum absolute atomic E-state index is 0.0482. The van der Waals surface area contributed by atoms with Gasteiger partial charge in [0.2, 0.25) is 0 Å². The summed E-state index contributed by atoms with van der Waals surface area (Å²) in [5.74, 6) is 0.731. The van der Waals surface area contributed by atoms with E-state index >= 15 is 0 Å². The lowest BCUT2D eigenvalue weighted by Crippen LogP contribution is -2.34. The Bertz CT molecular complexity index is 1470. The van der Waals surface area contributed by atoms with E-state index < -0.39 is 0 Å². The molecule has 40 heavy (non-hydrogen) atoms. The van der Waals surface area contributed by atoms with E-state index in [0.29, 0.717) is 42.9 Å². The minimum atomic E-state index is -0.257. The molecule has 2 aliphatic heterocycles. The summed E-state index contributed by atoms with van der Waals surface area (Å²) in [4.78, 5) is 32.1. The van der Waals surface area contributed by atoms with Crippen molar-refractivity contribution in [2.75, 3.05) is 50.6 Å². The number of fused-ring (bicyclic) bond motifs is 2. The topological polar surface area (TPSA) is 131 Å². The SMILES string of the molecule is CNC(=O)c1cc2c(cc1N(C)C)CN(CC(=O)c1cc3c(c(C(C)(C)C)c1)OCCN3Cc1cn[nH]n1)C2=N. The van der Waals surface area contributed by atoms with Crippen LogP contribution in [-0.2, 0) is 18.5 Å². The van der Waals surface area contributed by atoms with Crippen molar-refractivity contribution in [1.82, 2.24) is 25.6 Å². The van der Waals surface area contributed by atoms with Gasteiger partial charge in [0.25, 0.3) is 5.91 Å². The molecule has 0 saturated carbocycles. The first-order valence-corrected chi connectivity index (χ1v) is 13.3. The number of aromatic amines is 1. The van der Waals surface area contributed by atoms with Crippen LogP contribution in [0.4, 0.5) is 11.4 Å². The largest absolute Gasteiger partial charge is 0.489 e. The second kappa shape index (κ2) is 10.3. The first kappa shape index (κ1) is 27.2. The lowest BCUT2D eigenvalue weighted by Gasteiger charge is -2.35. The highest BCUT2D eigenvalue weighted by atomic mass is 16.5. The molecule has 11 heteroatoms. The predicted molar refractivity (Wildman–Crippen MR) is 154 cm³/mol. The van der Waals surface area contributed by atoms with Gasteiger partial charge in [-0.1, -0.05) is 20.8 Å². The fourth-order valence-electron chi connectivity index (χ4n) is 5.28. The molecule has 0 atom stereocenters. The number of amidine groups is 1. The second-order valence-electron chi connectivity index (χ2n) is 11.5. The zero-order chi connectivity index (χ0) is 28.8. The number of nitrogens with one attached hydrogen (secondary N) is 3. The van der Waals surface area contributed by atoms with Gasteiger partial charge in [0.15, 0.2) is 5.78 Å². The van der Waals surface area contributed by atoms with Gasteiger partial charge in [0.05, 0.1) is 37.1 Å². The van der Waals surface area contributed by atoms with Gasteiger partial charge < -0.3 is 24.8 Å². The van der Waals surface area contributed by atoms with Crippen LogP contribution in [-0.4, -0.2) is 78.7 Å². The first-order valence-electron chi connectivity index (χ1n) is 13.3. The normalized spacial score (nSPS) is 14.5. The molecule has 3 aromatic rings. The number of benzene rings is 2. The van der Waals surface area contributed by atoms with Crippen LogP contribution in [0.5, 0.6) is 5.75 Å². The number of carbonyl (C=O) groups excluding carboxylic acids is 2. The molecule has 0 aliphatic carbocycles. The monoisotopic (exact) mass is 544 g/mol. The predicted octanol–water partition coefficient (Wildman–Crippen LogP) is 2.95. The molecule has 3 heterocycles. The zero-order valence-corrected chi connectivity index (χ0v) is 23.9. The number of anilines is 2. The number of hydrogen-bond donors (Lipinski definition) is 3. The van der Waals surface area contributed by atoms with E-state index in [1.807, 2.05) is 37.2 Å². The number of rotatable bonds is 7. The molecule has 210 valence electrons. The van der Waals surface area contributed by atoms with Crippen molar-refractivity contribution in [3.8, 4) is 5.75 Å². The number of Topliss-reactive ketones (excluding diaryl/α,β-unsaturated/α-hetero) is 1. The van der Waals surface area contributed by atoms with Crippen molar-refractivity contribution in [1.29, 1.82) is 5.41 Å². The van der Waals surface area contributed by atoms with E-state index in [0.717, 1.165) is 33.9 Å². The maximum Gasteiger partial charge on any atom is 0.253 e. The van der Waals surface area contributed by atoms with Gasteiger partial charge in [-0.05, 0) is 35.2 Å². The summed E-state index contributed by atoms with van der Waals surface area (Å²) in [6, 6.07) is 7.52. The Morgan fingerprint density at radius 3 is 2.60 bits per heavy atom. The summed E-state index contributed by atoms with van der Waals surface area (Å²) >= 11 is 0. The second-order valence-corrected chi connectivity index (χ2v) is 11.5. The fraction of sp³-hybridized carbons (Fsp3) is 0.414. The third-order valence-corrected chi connectivity index (χ3v) is 7.41. The number of nitrogens with zero attached hydrogens (tertiary/aromatic N) is 5. The van der Waals surface area contributed by atoms with E-state index in [2.05, 4.69) is 46.4 Å². The maximum absolute atomic E-state index is 13.8. The molecular formula is C29H36N8O3. The number of amides is 1. The highest BCUT2D eigenvalue weighted by molar-refractivity contribution is 6.08. The summed E-state index contributed by atoms with van der Waals surface area (Å²) in [7, 11) is 5.36. The van der Waals surface area contributed by atoms with Gasteiger partial charge in [0.1, 0.15) is 23.9 Å². The third-order valence-electron chi connectivity index (χ3n) is 7.41. The Balaban J connectivity index is 1.46. The van der Waals surface area contributed by atoms with Crippen LogP contribution in [0.15, 0.2) is 30.5 Å². The number of aromatic nitrogens is 3. The molecule has 0 fully saturated rings. The van der Waals surface area contributed by atoms with Gasteiger partial charge in [-0.3, -0.25) is 15.0 Å². The molecule has 0 radical (unpaired) electrons. The van der Waals surface area contributed by atoms with E-state index in [9.17, 15) is 9.59 Å². The number of ketones is 1. The molecule has 1 amide bonds. The van der Waals surface area contributed by atoms with Crippen molar-refractivity contribution in [2.45, 2.75) is 39.3 Å². The van der Waals surface area contributed by atoms with Crippen LogP contribution < -0.4 is 19.9 Å². The zero-order valence-electron chi connectivity index (χ0n) is 23.9. The van der Waals surface area contributed by atoms with Gasteiger partial charge in [-0.25, -0.2) is 0 Å². The van der Waals surface area contributed by atoms with E-state index in [1.165, 1.54) is 0 Å². The van der Waals surface area contributed by atoms with Crippen molar-refractivity contribution >= 4 is 28.9 Å². The van der Waals surface area contributed by atoms with Crippen LogP contribution in [0.25, 0.3) is 0 Å². The highest BCUT2D eigenvalue weighted by Gasteiger charge is 2.32. The number of H-pyrrole nitrogens is 1.